The third-order valence-electron chi connectivity index (χ3n) is 2.22. The minimum Gasteiger partial charge on any atom is -0.266 e. The summed E-state index contributed by atoms with van der Waals surface area (Å²) in [5.41, 5.74) is 0.155. The molecule has 1 aromatic carbocycles. The molecule has 2 rings (SSSR count). The Morgan fingerprint density at radius 3 is 2.82 bits per heavy atom. The van der Waals surface area contributed by atoms with Gasteiger partial charge in [0.1, 0.15) is 0 Å². The van der Waals surface area contributed by atoms with E-state index in [4.69, 9.17) is 0 Å². The normalized spacial score (nSPS) is 11.6. The zero-order valence-corrected chi connectivity index (χ0v) is 10.6. The molecule has 0 aliphatic carbocycles. The van der Waals surface area contributed by atoms with Crippen molar-refractivity contribution in [1.29, 1.82) is 0 Å². The molecule has 0 atom stereocenters. The molecular formula is C10H10N2O3S2. The van der Waals surface area contributed by atoms with E-state index in [0.29, 0.717) is 5.39 Å². The summed E-state index contributed by atoms with van der Waals surface area (Å²) in [5, 5.41) is 0.668. The van der Waals surface area contributed by atoms with E-state index in [9.17, 15) is 13.2 Å². The van der Waals surface area contributed by atoms with E-state index >= 15 is 0 Å². The Bertz CT molecular complexity index is 661. The van der Waals surface area contributed by atoms with Crippen LogP contribution in [0.2, 0.25) is 0 Å². The third-order valence-corrected chi connectivity index (χ3v) is 4.30. The molecule has 5 nitrogen and oxygen atoms in total. The van der Waals surface area contributed by atoms with Crippen LogP contribution in [0.5, 0.6) is 0 Å². The van der Waals surface area contributed by atoms with Crippen molar-refractivity contribution in [2.75, 3.05) is 5.75 Å². The summed E-state index contributed by atoms with van der Waals surface area (Å²) in [4.78, 5) is 11.7. The average Bonchev–Trinajstić information content (AvgIpc) is 2.72. The summed E-state index contributed by atoms with van der Waals surface area (Å²) in [5.74, 6) is -0.815. The van der Waals surface area contributed by atoms with Crippen molar-refractivity contribution in [3.63, 3.8) is 0 Å². The minimum absolute atomic E-state index is 0.138. The Kier molecular flexibility index (Phi) is 3.12. The smallest absolute Gasteiger partial charge is 0.266 e. The lowest BCUT2D eigenvalue weighted by Crippen LogP contribution is -2.32. The first-order valence-corrected chi connectivity index (χ1v) is 7.35. The fourth-order valence-electron chi connectivity index (χ4n) is 1.31. The molecule has 2 aromatic rings. The molecule has 1 N–H and O–H groups in total. The molecule has 90 valence electrons. The van der Waals surface area contributed by atoms with Gasteiger partial charge in [-0.15, -0.1) is 0 Å². The van der Waals surface area contributed by atoms with Crippen LogP contribution in [-0.2, 0) is 10.0 Å². The Balaban J connectivity index is 2.38. The number of amides is 1. The first-order chi connectivity index (χ1) is 8.03. The van der Waals surface area contributed by atoms with Gasteiger partial charge in [-0.3, -0.25) is 4.79 Å². The summed E-state index contributed by atoms with van der Waals surface area (Å²) >= 11 is 1.17. The van der Waals surface area contributed by atoms with Crippen LogP contribution in [0.15, 0.2) is 24.3 Å². The lowest BCUT2D eigenvalue weighted by molar-refractivity contribution is 0.0979. The van der Waals surface area contributed by atoms with Crippen LogP contribution in [0.4, 0.5) is 0 Å². The maximum Gasteiger partial charge on any atom is 0.285 e. The molecule has 1 aromatic heterocycles. The zero-order valence-electron chi connectivity index (χ0n) is 9.00. The quantitative estimate of drug-likeness (QED) is 0.914. The molecule has 7 heteroatoms. The minimum atomic E-state index is -3.55. The summed E-state index contributed by atoms with van der Waals surface area (Å²) in [6.45, 7) is 1.47. The van der Waals surface area contributed by atoms with Crippen molar-refractivity contribution in [3.8, 4) is 0 Å². The van der Waals surface area contributed by atoms with Gasteiger partial charge < -0.3 is 0 Å². The maximum atomic E-state index is 11.7. The number of nitrogens with zero attached hydrogens (tertiary/aromatic N) is 1. The molecular weight excluding hydrogens is 260 g/mol. The second-order valence-electron chi connectivity index (χ2n) is 3.36. The van der Waals surface area contributed by atoms with Gasteiger partial charge in [0.25, 0.3) is 5.91 Å². The molecule has 0 aliphatic heterocycles. The maximum absolute atomic E-state index is 11.7. The summed E-state index contributed by atoms with van der Waals surface area (Å²) < 4.78 is 29.4. The molecule has 0 radical (unpaired) electrons. The number of fused-ring (bicyclic) bond motifs is 1. The number of hydrogen-bond acceptors (Lipinski definition) is 5. The van der Waals surface area contributed by atoms with Crippen LogP contribution < -0.4 is 4.72 Å². The number of aromatic nitrogens is 1. The van der Waals surface area contributed by atoms with Crippen molar-refractivity contribution in [2.24, 2.45) is 0 Å². The Hall–Kier alpha value is -1.47. The van der Waals surface area contributed by atoms with E-state index in [1.807, 2.05) is 16.9 Å². The van der Waals surface area contributed by atoms with Crippen molar-refractivity contribution in [1.82, 2.24) is 9.10 Å². The van der Waals surface area contributed by atoms with Crippen LogP contribution in [-0.4, -0.2) is 24.5 Å². The second-order valence-corrected chi connectivity index (χ2v) is 6.18. The van der Waals surface area contributed by atoms with E-state index < -0.39 is 15.9 Å². The number of hydrogen-bond donors (Lipinski definition) is 1. The number of carbonyl (C=O) groups is 1. The average molecular weight is 270 g/mol. The number of benzene rings is 1. The van der Waals surface area contributed by atoms with E-state index in [1.54, 1.807) is 12.1 Å². The Labute approximate surface area is 103 Å². The summed E-state index contributed by atoms with van der Waals surface area (Å²) in [6.07, 6.45) is 0. The first kappa shape index (κ1) is 12.0. The third kappa shape index (κ3) is 2.45. The summed E-state index contributed by atoms with van der Waals surface area (Å²) in [7, 11) is -3.55. The van der Waals surface area contributed by atoms with Gasteiger partial charge in [-0.05, 0) is 24.5 Å². The molecule has 17 heavy (non-hydrogen) atoms. The monoisotopic (exact) mass is 270 g/mol. The molecule has 1 heterocycles. The zero-order chi connectivity index (χ0) is 12.5. The first-order valence-electron chi connectivity index (χ1n) is 4.93. The van der Waals surface area contributed by atoms with E-state index in [0.717, 1.165) is 4.70 Å². The van der Waals surface area contributed by atoms with Crippen LogP contribution >= 0.6 is 11.5 Å². The number of sulfonamides is 1. The van der Waals surface area contributed by atoms with Gasteiger partial charge in [0, 0.05) is 5.39 Å². The lowest BCUT2D eigenvalue weighted by atomic mass is 10.2. The predicted octanol–water partition coefficient (Wildman–Crippen LogP) is 1.38. The second kappa shape index (κ2) is 4.42. The molecule has 0 spiro atoms. The van der Waals surface area contributed by atoms with Crippen LogP contribution in [0.3, 0.4) is 0 Å². The highest BCUT2D eigenvalue weighted by molar-refractivity contribution is 7.90. The molecule has 0 bridgehead atoms. The van der Waals surface area contributed by atoms with Gasteiger partial charge in [0.15, 0.2) is 5.69 Å². The van der Waals surface area contributed by atoms with Crippen LogP contribution in [0.25, 0.3) is 10.1 Å². The van der Waals surface area contributed by atoms with E-state index in [-0.39, 0.29) is 11.4 Å². The highest BCUT2D eigenvalue weighted by Gasteiger charge is 2.18. The van der Waals surface area contributed by atoms with E-state index in [1.165, 1.54) is 18.5 Å². The molecule has 0 fully saturated rings. The number of nitrogens with one attached hydrogen (secondary N) is 1. The standard InChI is InChI=1S/C10H10N2O3S2/c1-2-17(14,15)12-10(13)9-7-5-3-4-6-8(7)16-11-9/h3-6H,2H2,1H3,(H,12,13). The number of carbonyl (C=O) groups excluding carboxylic acids is 1. The van der Waals surface area contributed by atoms with Gasteiger partial charge in [0.05, 0.1) is 10.5 Å². The molecule has 0 aliphatic rings. The van der Waals surface area contributed by atoms with Crippen molar-refractivity contribution < 1.29 is 13.2 Å². The van der Waals surface area contributed by atoms with Crippen LogP contribution in [0, 0.1) is 0 Å². The molecule has 0 unspecified atom stereocenters. The highest BCUT2D eigenvalue weighted by atomic mass is 32.2. The molecule has 0 saturated carbocycles. The molecule has 1 amide bonds. The van der Waals surface area contributed by atoms with Crippen molar-refractivity contribution >= 4 is 37.5 Å². The topological polar surface area (TPSA) is 76.1 Å². The lowest BCUT2D eigenvalue weighted by Gasteiger charge is -2.02. The van der Waals surface area contributed by atoms with Crippen molar-refractivity contribution in [2.45, 2.75) is 6.92 Å². The van der Waals surface area contributed by atoms with Gasteiger partial charge in [-0.1, -0.05) is 18.2 Å². The van der Waals surface area contributed by atoms with Gasteiger partial charge in [-0.25, -0.2) is 13.1 Å². The molecule has 0 saturated heterocycles. The number of rotatable bonds is 3. The van der Waals surface area contributed by atoms with Gasteiger partial charge >= 0.3 is 0 Å². The SMILES string of the molecule is CCS(=O)(=O)NC(=O)c1nsc2ccccc12. The Morgan fingerprint density at radius 2 is 2.12 bits per heavy atom. The highest BCUT2D eigenvalue weighted by Crippen LogP contribution is 2.22. The largest absolute Gasteiger partial charge is 0.285 e. The van der Waals surface area contributed by atoms with E-state index in [2.05, 4.69) is 4.37 Å². The van der Waals surface area contributed by atoms with Crippen LogP contribution in [0.1, 0.15) is 17.4 Å². The van der Waals surface area contributed by atoms with Gasteiger partial charge in [0.2, 0.25) is 10.0 Å². The fourth-order valence-corrected chi connectivity index (χ4v) is 2.61. The van der Waals surface area contributed by atoms with Crippen molar-refractivity contribution in [3.05, 3.63) is 30.0 Å². The fraction of sp³-hybridized carbons (Fsp3) is 0.200. The Morgan fingerprint density at radius 1 is 1.41 bits per heavy atom. The predicted molar refractivity (Wildman–Crippen MR) is 66.5 cm³/mol. The van der Waals surface area contributed by atoms with Gasteiger partial charge in [-0.2, -0.15) is 4.37 Å². The summed E-state index contributed by atoms with van der Waals surface area (Å²) in [6, 6.07) is 7.19.